The van der Waals surface area contributed by atoms with E-state index in [0.29, 0.717) is 17.4 Å². The first-order valence-corrected chi connectivity index (χ1v) is 6.68. The number of aryl methyl sites for hydroxylation is 1. The second-order valence-corrected chi connectivity index (χ2v) is 4.70. The highest BCUT2D eigenvalue weighted by Gasteiger charge is 2.16. The van der Waals surface area contributed by atoms with Gasteiger partial charge in [-0.3, -0.25) is 4.68 Å². The molecule has 2 rings (SSSR count). The Morgan fingerprint density at radius 3 is 3.06 bits per heavy atom. The van der Waals surface area contributed by atoms with Crippen LogP contribution in [0.3, 0.4) is 0 Å². The molecule has 1 atom stereocenters. The fourth-order valence-corrected chi connectivity index (χ4v) is 1.88. The third-order valence-corrected chi connectivity index (χ3v) is 2.98. The smallest absolute Gasteiger partial charge is 0.243 e. The zero-order valence-electron chi connectivity index (χ0n) is 9.83. The van der Waals surface area contributed by atoms with Crippen molar-refractivity contribution in [3.8, 4) is 11.5 Å². The normalized spacial score (nSPS) is 12.9. The van der Waals surface area contributed by atoms with E-state index in [1.54, 1.807) is 16.4 Å². The molecule has 17 heavy (non-hydrogen) atoms. The Hall–Kier alpha value is -1.34. The summed E-state index contributed by atoms with van der Waals surface area (Å²) in [6.45, 7) is 0. The molecule has 0 aromatic carbocycles. The Labute approximate surface area is 104 Å². The summed E-state index contributed by atoms with van der Waals surface area (Å²) in [5.41, 5.74) is 6.64. The molecule has 0 bridgehead atoms. The van der Waals surface area contributed by atoms with Crippen molar-refractivity contribution < 1.29 is 4.52 Å². The zero-order chi connectivity index (χ0) is 12.3. The summed E-state index contributed by atoms with van der Waals surface area (Å²) < 4.78 is 6.84. The van der Waals surface area contributed by atoms with E-state index in [9.17, 15) is 0 Å². The van der Waals surface area contributed by atoms with Crippen LogP contribution in [0.1, 0.15) is 18.4 Å². The van der Waals surface area contributed by atoms with Gasteiger partial charge in [0.2, 0.25) is 11.7 Å². The summed E-state index contributed by atoms with van der Waals surface area (Å²) in [5.74, 6) is 1.93. The van der Waals surface area contributed by atoms with Crippen molar-refractivity contribution in [2.45, 2.75) is 12.5 Å². The predicted molar refractivity (Wildman–Crippen MR) is 66.4 cm³/mol. The van der Waals surface area contributed by atoms with Crippen LogP contribution in [-0.2, 0) is 7.05 Å². The van der Waals surface area contributed by atoms with Gasteiger partial charge in [-0.25, -0.2) is 0 Å². The molecule has 0 spiro atoms. The first-order valence-electron chi connectivity index (χ1n) is 5.29. The molecule has 0 radical (unpaired) electrons. The number of nitrogens with zero attached hydrogens (tertiary/aromatic N) is 4. The maximum absolute atomic E-state index is 5.94. The molecule has 7 heteroatoms. The SMILES string of the molecule is CSCC[C@H](N)c1nc(-c2ccn(C)n2)no1. The lowest BCUT2D eigenvalue weighted by atomic mass is 10.2. The summed E-state index contributed by atoms with van der Waals surface area (Å²) in [6, 6.07) is 1.63. The minimum absolute atomic E-state index is 0.201. The molecule has 2 aromatic rings. The van der Waals surface area contributed by atoms with Crippen LogP contribution in [0.2, 0.25) is 0 Å². The third kappa shape index (κ3) is 2.86. The second kappa shape index (κ2) is 5.33. The Morgan fingerprint density at radius 1 is 1.59 bits per heavy atom. The van der Waals surface area contributed by atoms with Gasteiger partial charge in [-0.05, 0) is 24.5 Å². The highest BCUT2D eigenvalue weighted by Crippen LogP contribution is 2.18. The van der Waals surface area contributed by atoms with Gasteiger partial charge in [-0.15, -0.1) is 0 Å². The van der Waals surface area contributed by atoms with Crippen LogP contribution in [0.25, 0.3) is 11.5 Å². The summed E-state index contributed by atoms with van der Waals surface area (Å²) >= 11 is 1.75. The maximum atomic E-state index is 5.94. The monoisotopic (exact) mass is 253 g/mol. The van der Waals surface area contributed by atoms with Gasteiger partial charge in [0.15, 0.2) is 0 Å². The first-order chi connectivity index (χ1) is 8.20. The number of aromatic nitrogens is 4. The third-order valence-electron chi connectivity index (χ3n) is 2.33. The van der Waals surface area contributed by atoms with E-state index >= 15 is 0 Å². The van der Waals surface area contributed by atoms with Gasteiger partial charge in [0.25, 0.3) is 0 Å². The van der Waals surface area contributed by atoms with E-state index in [2.05, 4.69) is 15.2 Å². The van der Waals surface area contributed by atoms with E-state index in [1.807, 2.05) is 25.6 Å². The number of rotatable bonds is 5. The van der Waals surface area contributed by atoms with Crippen LogP contribution >= 0.6 is 11.8 Å². The van der Waals surface area contributed by atoms with Crippen molar-refractivity contribution in [3.63, 3.8) is 0 Å². The van der Waals surface area contributed by atoms with Crippen molar-refractivity contribution in [2.75, 3.05) is 12.0 Å². The lowest BCUT2D eigenvalue weighted by Crippen LogP contribution is -2.11. The van der Waals surface area contributed by atoms with Gasteiger partial charge in [0, 0.05) is 13.2 Å². The maximum Gasteiger partial charge on any atom is 0.243 e. The topological polar surface area (TPSA) is 82.8 Å². The largest absolute Gasteiger partial charge is 0.337 e. The Bertz CT molecular complexity index is 481. The lowest BCUT2D eigenvalue weighted by Gasteiger charge is -2.03. The van der Waals surface area contributed by atoms with Gasteiger partial charge >= 0.3 is 0 Å². The van der Waals surface area contributed by atoms with Crippen molar-refractivity contribution in [3.05, 3.63) is 18.2 Å². The van der Waals surface area contributed by atoms with Crippen LogP contribution in [0.4, 0.5) is 0 Å². The summed E-state index contributed by atoms with van der Waals surface area (Å²) in [4.78, 5) is 4.26. The molecule has 0 unspecified atom stereocenters. The van der Waals surface area contributed by atoms with Crippen LogP contribution in [0.15, 0.2) is 16.8 Å². The van der Waals surface area contributed by atoms with E-state index in [0.717, 1.165) is 12.2 Å². The quantitative estimate of drug-likeness (QED) is 0.862. The number of nitrogens with two attached hydrogens (primary N) is 1. The molecule has 6 nitrogen and oxygen atoms in total. The molecule has 2 heterocycles. The average molecular weight is 253 g/mol. The van der Waals surface area contributed by atoms with E-state index in [1.165, 1.54) is 0 Å². The summed E-state index contributed by atoms with van der Waals surface area (Å²) in [6.07, 6.45) is 4.70. The Balaban J connectivity index is 2.10. The highest BCUT2D eigenvalue weighted by atomic mass is 32.2. The fourth-order valence-electron chi connectivity index (χ4n) is 1.39. The van der Waals surface area contributed by atoms with E-state index < -0.39 is 0 Å². The van der Waals surface area contributed by atoms with Crippen molar-refractivity contribution in [2.24, 2.45) is 12.8 Å². The van der Waals surface area contributed by atoms with Crippen LogP contribution in [-0.4, -0.2) is 31.9 Å². The highest BCUT2D eigenvalue weighted by molar-refractivity contribution is 7.98. The molecular weight excluding hydrogens is 238 g/mol. The van der Waals surface area contributed by atoms with Crippen LogP contribution < -0.4 is 5.73 Å². The van der Waals surface area contributed by atoms with Gasteiger partial charge < -0.3 is 10.3 Å². The van der Waals surface area contributed by atoms with E-state index in [-0.39, 0.29) is 6.04 Å². The molecule has 0 amide bonds. The van der Waals surface area contributed by atoms with Gasteiger partial charge in [-0.2, -0.15) is 21.8 Å². The molecule has 2 N–H and O–H groups in total. The minimum Gasteiger partial charge on any atom is -0.337 e. The number of hydrogen-bond donors (Lipinski definition) is 1. The van der Waals surface area contributed by atoms with Crippen molar-refractivity contribution >= 4 is 11.8 Å². The number of hydrogen-bond acceptors (Lipinski definition) is 6. The van der Waals surface area contributed by atoms with E-state index in [4.69, 9.17) is 10.3 Å². The first kappa shape index (κ1) is 12.1. The molecule has 0 aliphatic rings. The number of thioether (sulfide) groups is 1. The van der Waals surface area contributed by atoms with Crippen LogP contribution in [0, 0.1) is 0 Å². The lowest BCUT2D eigenvalue weighted by molar-refractivity contribution is 0.353. The molecule has 0 aliphatic carbocycles. The predicted octanol–water partition coefficient (Wildman–Crippen LogP) is 1.22. The molecule has 92 valence electrons. The zero-order valence-corrected chi connectivity index (χ0v) is 10.6. The standard InChI is InChI=1S/C10H15N5OS/c1-15-5-3-8(13-15)9-12-10(16-14-9)7(11)4-6-17-2/h3,5,7H,4,6,11H2,1-2H3/t7-/m0/s1. The van der Waals surface area contributed by atoms with Crippen molar-refractivity contribution in [1.82, 2.24) is 19.9 Å². The van der Waals surface area contributed by atoms with Gasteiger partial charge in [0.1, 0.15) is 5.69 Å². The molecular formula is C10H15N5OS. The van der Waals surface area contributed by atoms with Crippen LogP contribution in [0.5, 0.6) is 0 Å². The summed E-state index contributed by atoms with van der Waals surface area (Å²) in [7, 11) is 1.84. The van der Waals surface area contributed by atoms with Gasteiger partial charge in [0.05, 0.1) is 6.04 Å². The van der Waals surface area contributed by atoms with Crippen molar-refractivity contribution in [1.29, 1.82) is 0 Å². The molecule has 0 fully saturated rings. The van der Waals surface area contributed by atoms with Gasteiger partial charge in [-0.1, -0.05) is 5.16 Å². The summed E-state index contributed by atoms with van der Waals surface area (Å²) in [5, 5.41) is 8.08. The minimum atomic E-state index is -0.201. The Kier molecular flexibility index (Phi) is 3.80. The Morgan fingerprint density at radius 2 is 2.41 bits per heavy atom. The molecule has 0 aliphatic heterocycles. The fraction of sp³-hybridized carbons (Fsp3) is 0.500. The average Bonchev–Trinajstić information content (AvgIpc) is 2.93. The second-order valence-electron chi connectivity index (χ2n) is 3.72. The molecule has 0 saturated heterocycles. The molecule has 0 saturated carbocycles. The molecule has 2 aromatic heterocycles.